The summed E-state index contributed by atoms with van der Waals surface area (Å²) in [5.74, 6) is -0.804. The minimum absolute atomic E-state index is 0.159. The van der Waals surface area contributed by atoms with Gasteiger partial charge in [0.2, 0.25) is 0 Å². The molecule has 0 saturated heterocycles. The summed E-state index contributed by atoms with van der Waals surface area (Å²) >= 11 is 0. The van der Waals surface area contributed by atoms with Crippen molar-refractivity contribution >= 4 is 5.97 Å². The average Bonchev–Trinajstić information content (AvgIpc) is 2.36. The Labute approximate surface area is 101 Å². The number of nitrogens with one attached hydrogen (secondary N) is 1. The second-order valence-electron chi connectivity index (χ2n) is 3.86. The van der Waals surface area contributed by atoms with E-state index in [1.165, 1.54) is 19.2 Å². The van der Waals surface area contributed by atoms with Crippen LogP contribution in [0.2, 0.25) is 0 Å². The number of halogens is 1. The Balaban J connectivity index is 2.96. The largest absolute Gasteiger partial charge is 0.469 e. The van der Waals surface area contributed by atoms with E-state index < -0.39 is 0 Å². The fraction of sp³-hybridized carbons (Fsp3) is 0.462. The predicted molar refractivity (Wildman–Crippen MR) is 64.0 cm³/mol. The molecule has 0 aliphatic carbocycles. The summed E-state index contributed by atoms with van der Waals surface area (Å²) < 4.78 is 17.6. The molecule has 0 spiro atoms. The van der Waals surface area contributed by atoms with Crippen LogP contribution in [0.4, 0.5) is 4.39 Å². The molecule has 17 heavy (non-hydrogen) atoms. The molecule has 94 valence electrons. The van der Waals surface area contributed by atoms with E-state index in [1.54, 1.807) is 19.2 Å². The highest BCUT2D eigenvalue weighted by molar-refractivity contribution is 5.73. The van der Waals surface area contributed by atoms with Crippen LogP contribution in [0.1, 0.15) is 24.9 Å². The number of methoxy groups -OCH3 is 1. The zero-order valence-corrected chi connectivity index (χ0v) is 10.4. The molecule has 0 heterocycles. The Hall–Kier alpha value is -1.42. The van der Waals surface area contributed by atoms with Crippen molar-refractivity contribution < 1.29 is 13.9 Å². The molecular formula is C13H18FNO2. The maximum atomic E-state index is 12.8. The van der Waals surface area contributed by atoms with Gasteiger partial charge >= 0.3 is 5.97 Å². The first-order valence-corrected chi connectivity index (χ1v) is 5.64. The lowest BCUT2D eigenvalue weighted by Crippen LogP contribution is -2.31. The zero-order chi connectivity index (χ0) is 12.8. The minimum atomic E-state index is -0.283. The van der Waals surface area contributed by atoms with Gasteiger partial charge in [0.05, 0.1) is 13.0 Å². The third kappa shape index (κ3) is 3.27. The van der Waals surface area contributed by atoms with Crippen molar-refractivity contribution in [2.45, 2.75) is 19.4 Å². The van der Waals surface area contributed by atoms with E-state index in [2.05, 4.69) is 5.32 Å². The van der Waals surface area contributed by atoms with Crippen molar-refractivity contribution in [3.05, 3.63) is 35.6 Å². The molecule has 0 fully saturated rings. The Morgan fingerprint density at radius 2 is 2.00 bits per heavy atom. The van der Waals surface area contributed by atoms with Gasteiger partial charge in [-0.15, -0.1) is 0 Å². The summed E-state index contributed by atoms with van der Waals surface area (Å²) in [7, 11) is 3.15. The highest BCUT2D eigenvalue weighted by Crippen LogP contribution is 2.25. The highest BCUT2D eigenvalue weighted by atomic mass is 19.1. The quantitative estimate of drug-likeness (QED) is 0.801. The maximum absolute atomic E-state index is 12.8. The molecule has 1 rings (SSSR count). The van der Waals surface area contributed by atoms with E-state index in [0.717, 1.165) is 5.56 Å². The highest BCUT2D eigenvalue weighted by Gasteiger charge is 2.27. The van der Waals surface area contributed by atoms with Crippen molar-refractivity contribution in [3.8, 4) is 0 Å². The van der Waals surface area contributed by atoms with Gasteiger partial charge in [-0.25, -0.2) is 4.39 Å². The normalized spacial score (nSPS) is 14.1. The van der Waals surface area contributed by atoms with Crippen LogP contribution < -0.4 is 5.32 Å². The zero-order valence-electron chi connectivity index (χ0n) is 10.4. The molecule has 4 heteroatoms. The Morgan fingerprint density at radius 3 is 2.41 bits per heavy atom. The first-order chi connectivity index (χ1) is 8.13. The third-order valence-electron chi connectivity index (χ3n) is 2.89. The summed E-state index contributed by atoms with van der Waals surface area (Å²) in [5, 5.41) is 3.08. The minimum Gasteiger partial charge on any atom is -0.469 e. The Morgan fingerprint density at radius 1 is 1.41 bits per heavy atom. The Kier molecular flexibility index (Phi) is 5.10. The molecule has 0 aliphatic heterocycles. The Bertz CT molecular complexity index is 364. The third-order valence-corrected chi connectivity index (χ3v) is 2.89. The summed E-state index contributed by atoms with van der Waals surface area (Å²) in [6.45, 7) is 1.93. The molecule has 3 nitrogen and oxygen atoms in total. The molecule has 0 radical (unpaired) electrons. The van der Waals surface area contributed by atoms with Crippen molar-refractivity contribution in [1.82, 2.24) is 5.32 Å². The number of benzene rings is 1. The van der Waals surface area contributed by atoms with Gasteiger partial charge in [-0.3, -0.25) is 4.79 Å². The number of hydrogen-bond donors (Lipinski definition) is 1. The van der Waals surface area contributed by atoms with E-state index in [1.807, 2.05) is 6.92 Å². The number of carbonyl (C=O) groups is 1. The van der Waals surface area contributed by atoms with Gasteiger partial charge in [-0.2, -0.15) is 0 Å². The monoisotopic (exact) mass is 239 g/mol. The predicted octanol–water partition coefficient (Wildman–Crippen LogP) is 2.29. The molecule has 0 amide bonds. The summed E-state index contributed by atoms with van der Waals surface area (Å²) in [6, 6.07) is 5.99. The van der Waals surface area contributed by atoms with Gasteiger partial charge in [0, 0.05) is 6.04 Å². The molecule has 2 atom stereocenters. The van der Waals surface area contributed by atoms with Gasteiger partial charge in [0.25, 0.3) is 0 Å². The SMILES string of the molecule is CCC(C(=O)OC)C(NC)c1ccc(F)cc1. The van der Waals surface area contributed by atoms with E-state index in [-0.39, 0.29) is 23.7 Å². The van der Waals surface area contributed by atoms with E-state index in [4.69, 9.17) is 4.74 Å². The molecular weight excluding hydrogens is 221 g/mol. The number of esters is 1. The van der Waals surface area contributed by atoms with Crippen LogP contribution in [0, 0.1) is 11.7 Å². The van der Waals surface area contributed by atoms with E-state index >= 15 is 0 Å². The van der Waals surface area contributed by atoms with Crippen LogP contribution in [-0.2, 0) is 9.53 Å². The van der Waals surface area contributed by atoms with Gasteiger partial charge in [0.15, 0.2) is 0 Å². The van der Waals surface area contributed by atoms with E-state index in [9.17, 15) is 9.18 Å². The number of ether oxygens (including phenoxy) is 1. The van der Waals surface area contributed by atoms with Crippen LogP contribution in [0.3, 0.4) is 0 Å². The van der Waals surface area contributed by atoms with Gasteiger partial charge in [-0.1, -0.05) is 19.1 Å². The van der Waals surface area contributed by atoms with Gasteiger partial charge < -0.3 is 10.1 Å². The first kappa shape index (κ1) is 13.6. The number of rotatable bonds is 5. The number of hydrogen-bond acceptors (Lipinski definition) is 3. The smallest absolute Gasteiger partial charge is 0.310 e. The topological polar surface area (TPSA) is 38.3 Å². The molecule has 1 aromatic rings. The fourth-order valence-corrected chi connectivity index (χ4v) is 1.96. The molecule has 0 aromatic heterocycles. The molecule has 2 unspecified atom stereocenters. The molecule has 1 aromatic carbocycles. The van der Waals surface area contributed by atoms with Crippen LogP contribution in [0.15, 0.2) is 24.3 Å². The standard InChI is InChI=1S/C13H18FNO2/c1-4-11(13(16)17-3)12(15-2)9-5-7-10(14)8-6-9/h5-8,11-12,15H,4H2,1-3H3. The van der Waals surface area contributed by atoms with Gasteiger partial charge in [-0.05, 0) is 31.2 Å². The van der Waals surface area contributed by atoms with Gasteiger partial charge in [0.1, 0.15) is 5.82 Å². The lowest BCUT2D eigenvalue weighted by Gasteiger charge is -2.24. The van der Waals surface area contributed by atoms with Crippen molar-refractivity contribution in [2.75, 3.05) is 14.2 Å². The first-order valence-electron chi connectivity index (χ1n) is 5.64. The maximum Gasteiger partial charge on any atom is 0.310 e. The molecule has 0 aliphatic rings. The second-order valence-corrected chi connectivity index (χ2v) is 3.86. The van der Waals surface area contributed by atoms with Crippen LogP contribution >= 0.6 is 0 Å². The average molecular weight is 239 g/mol. The fourth-order valence-electron chi connectivity index (χ4n) is 1.96. The molecule has 0 bridgehead atoms. The lowest BCUT2D eigenvalue weighted by molar-refractivity contribution is -0.146. The van der Waals surface area contributed by atoms with Crippen molar-refractivity contribution in [2.24, 2.45) is 5.92 Å². The number of carbonyl (C=O) groups excluding carboxylic acids is 1. The van der Waals surface area contributed by atoms with Crippen LogP contribution in [0.25, 0.3) is 0 Å². The molecule has 1 N–H and O–H groups in total. The second kappa shape index (κ2) is 6.35. The molecule has 0 saturated carbocycles. The van der Waals surface area contributed by atoms with Crippen molar-refractivity contribution in [1.29, 1.82) is 0 Å². The summed E-state index contributed by atoms with van der Waals surface area (Å²) in [6.07, 6.45) is 0.662. The van der Waals surface area contributed by atoms with Crippen molar-refractivity contribution in [3.63, 3.8) is 0 Å². The summed E-state index contributed by atoms with van der Waals surface area (Å²) in [4.78, 5) is 11.6. The van der Waals surface area contributed by atoms with E-state index in [0.29, 0.717) is 6.42 Å². The van der Waals surface area contributed by atoms with Crippen LogP contribution in [0.5, 0.6) is 0 Å². The lowest BCUT2D eigenvalue weighted by atomic mass is 9.91. The van der Waals surface area contributed by atoms with Crippen LogP contribution in [-0.4, -0.2) is 20.1 Å². The summed E-state index contributed by atoms with van der Waals surface area (Å²) in [5.41, 5.74) is 0.881.